The standard InChI is InChI=1S/C42H81N3O5/c1-6-9-11-13-15-17-19-21-23-25-33-49-35-27-31-43-40(46)30-29-39(45-41(47)38(8-3)37(4)5)42(48)44-32-28-36-50-34-26-24-22-20-18-16-14-12-10-7-2/h38-39H,4,6-36H2,1-3,5H3,(H,43,46)(H,44,48)(H,45,47). The second kappa shape index (κ2) is 36.8. The number of amides is 3. The molecule has 294 valence electrons. The Morgan fingerprint density at radius 2 is 0.940 bits per heavy atom. The Hall–Kier alpha value is -1.93. The van der Waals surface area contributed by atoms with Gasteiger partial charge in [0.25, 0.3) is 0 Å². The van der Waals surface area contributed by atoms with Crippen molar-refractivity contribution < 1.29 is 23.9 Å². The van der Waals surface area contributed by atoms with E-state index in [2.05, 4.69) is 36.4 Å². The van der Waals surface area contributed by atoms with Crippen molar-refractivity contribution in [1.29, 1.82) is 0 Å². The minimum atomic E-state index is -0.779. The first-order valence-electron chi connectivity index (χ1n) is 21.0. The minimum Gasteiger partial charge on any atom is -0.381 e. The van der Waals surface area contributed by atoms with Gasteiger partial charge in [-0.25, -0.2) is 0 Å². The Morgan fingerprint density at radius 1 is 0.540 bits per heavy atom. The molecule has 2 atom stereocenters. The fourth-order valence-corrected chi connectivity index (χ4v) is 6.16. The van der Waals surface area contributed by atoms with Crippen molar-refractivity contribution in [2.24, 2.45) is 5.92 Å². The Morgan fingerprint density at radius 3 is 1.36 bits per heavy atom. The van der Waals surface area contributed by atoms with Crippen LogP contribution in [0.25, 0.3) is 0 Å². The molecule has 3 N–H and O–H groups in total. The number of rotatable bonds is 38. The topological polar surface area (TPSA) is 106 Å². The first kappa shape index (κ1) is 48.1. The first-order chi connectivity index (χ1) is 24.4. The highest BCUT2D eigenvalue weighted by molar-refractivity contribution is 5.90. The molecule has 3 amide bonds. The quantitative estimate of drug-likeness (QED) is 0.0438. The van der Waals surface area contributed by atoms with E-state index in [9.17, 15) is 14.4 Å². The maximum Gasteiger partial charge on any atom is 0.242 e. The van der Waals surface area contributed by atoms with E-state index in [1.807, 2.05) is 13.8 Å². The zero-order valence-corrected chi connectivity index (χ0v) is 33.3. The minimum absolute atomic E-state index is 0.126. The molecule has 0 rings (SSSR count). The third-order valence-corrected chi connectivity index (χ3v) is 9.45. The van der Waals surface area contributed by atoms with Gasteiger partial charge in [-0.3, -0.25) is 14.4 Å². The summed E-state index contributed by atoms with van der Waals surface area (Å²) in [7, 11) is 0. The molecule has 0 bridgehead atoms. The van der Waals surface area contributed by atoms with E-state index in [4.69, 9.17) is 9.47 Å². The molecule has 0 radical (unpaired) electrons. The van der Waals surface area contributed by atoms with Crippen LogP contribution in [0.2, 0.25) is 0 Å². The summed E-state index contributed by atoms with van der Waals surface area (Å²) in [4.78, 5) is 38.6. The average Bonchev–Trinajstić information content (AvgIpc) is 3.10. The summed E-state index contributed by atoms with van der Waals surface area (Å²) in [5, 5.41) is 8.75. The molecule has 0 aromatic carbocycles. The van der Waals surface area contributed by atoms with Gasteiger partial charge < -0.3 is 25.4 Å². The molecule has 0 aromatic rings. The SMILES string of the molecule is C=C(C)C(CC)C(=O)NC(CCC(=O)NCCCOCCCCCCCCCCCC)C(=O)NCCCOCCCCCCCCCCCC. The van der Waals surface area contributed by atoms with Crippen molar-refractivity contribution in [3.05, 3.63) is 12.2 Å². The second-order valence-electron chi connectivity index (χ2n) is 14.3. The fraction of sp³-hybridized carbons (Fsp3) is 0.881. The summed E-state index contributed by atoms with van der Waals surface area (Å²) in [6.07, 6.45) is 28.5. The van der Waals surface area contributed by atoms with Crippen LogP contribution in [0, 0.1) is 5.92 Å². The Labute approximate surface area is 308 Å². The third-order valence-electron chi connectivity index (χ3n) is 9.45. The van der Waals surface area contributed by atoms with E-state index < -0.39 is 6.04 Å². The number of hydrogen-bond donors (Lipinski definition) is 3. The number of unbranched alkanes of at least 4 members (excludes halogenated alkanes) is 18. The van der Waals surface area contributed by atoms with Gasteiger partial charge >= 0.3 is 0 Å². The molecule has 0 aliphatic heterocycles. The highest BCUT2D eigenvalue weighted by Crippen LogP contribution is 2.14. The van der Waals surface area contributed by atoms with Gasteiger partial charge in [0.15, 0.2) is 0 Å². The van der Waals surface area contributed by atoms with Crippen molar-refractivity contribution in [3.63, 3.8) is 0 Å². The summed E-state index contributed by atoms with van der Waals surface area (Å²) in [6.45, 7) is 15.9. The van der Waals surface area contributed by atoms with Crippen LogP contribution in [0.3, 0.4) is 0 Å². The van der Waals surface area contributed by atoms with Gasteiger partial charge in [0.1, 0.15) is 6.04 Å². The Bertz CT molecular complexity index is 821. The zero-order chi connectivity index (χ0) is 36.9. The number of carbonyl (C=O) groups excluding carboxylic acids is 3. The summed E-state index contributed by atoms with van der Waals surface area (Å²) in [5.74, 6) is -0.976. The normalized spacial score (nSPS) is 12.4. The van der Waals surface area contributed by atoms with Crippen LogP contribution >= 0.6 is 0 Å². The molecule has 0 spiro atoms. The summed E-state index contributed by atoms with van der Waals surface area (Å²) < 4.78 is 11.5. The number of carbonyl (C=O) groups is 3. The van der Waals surface area contributed by atoms with E-state index in [-0.39, 0.29) is 36.5 Å². The van der Waals surface area contributed by atoms with Crippen LogP contribution in [0.5, 0.6) is 0 Å². The summed E-state index contributed by atoms with van der Waals surface area (Å²) >= 11 is 0. The molecule has 0 fully saturated rings. The van der Waals surface area contributed by atoms with Gasteiger partial charge in [-0.05, 0) is 45.4 Å². The molecule has 50 heavy (non-hydrogen) atoms. The molecule has 2 unspecified atom stereocenters. The second-order valence-corrected chi connectivity index (χ2v) is 14.3. The molecule has 0 aliphatic rings. The molecule has 0 aromatic heterocycles. The van der Waals surface area contributed by atoms with Gasteiger partial charge in [-0.15, -0.1) is 0 Å². The molecule has 0 heterocycles. The van der Waals surface area contributed by atoms with Crippen molar-refractivity contribution in [3.8, 4) is 0 Å². The molecule has 8 nitrogen and oxygen atoms in total. The molecular weight excluding hydrogens is 626 g/mol. The van der Waals surface area contributed by atoms with E-state index in [1.165, 1.54) is 116 Å². The van der Waals surface area contributed by atoms with Crippen molar-refractivity contribution in [2.45, 2.75) is 194 Å². The highest BCUT2D eigenvalue weighted by Gasteiger charge is 2.25. The molecule has 0 saturated heterocycles. The van der Waals surface area contributed by atoms with Crippen molar-refractivity contribution >= 4 is 17.7 Å². The van der Waals surface area contributed by atoms with Crippen LogP contribution in [0.15, 0.2) is 12.2 Å². The van der Waals surface area contributed by atoms with Crippen molar-refractivity contribution in [2.75, 3.05) is 39.5 Å². The van der Waals surface area contributed by atoms with Crippen LogP contribution < -0.4 is 16.0 Å². The Kier molecular flexibility index (Phi) is 35.4. The summed E-state index contributed by atoms with van der Waals surface area (Å²) in [6, 6.07) is -0.779. The van der Waals surface area contributed by atoms with Gasteiger partial charge in [0, 0.05) is 45.9 Å². The Balaban J connectivity index is 4.19. The van der Waals surface area contributed by atoms with Gasteiger partial charge in [0.2, 0.25) is 17.7 Å². The molecule has 8 heteroatoms. The number of ether oxygens (including phenoxy) is 2. The van der Waals surface area contributed by atoms with Crippen molar-refractivity contribution in [1.82, 2.24) is 16.0 Å². The number of hydrogen-bond acceptors (Lipinski definition) is 5. The predicted molar refractivity (Wildman–Crippen MR) is 210 cm³/mol. The third kappa shape index (κ3) is 30.9. The lowest BCUT2D eigenvalue weighted by atomic mass is 9.97. The maximum absolute atomic E-state index is 13.1. The molecule has 0 saturated carbocycles. The van der Waals surface area contributed by atoms with E-state index in [0.29, 0.717) is 39.1 Å². The lowest BCUT2D eigenvalue weighted by Crippen LogP contribution is -2.49. The zero-order valence-electron chi connectivity index (χ0n) is 33.3. The predicted octanol–water partition coefficient (Wildman–Crippen LogP) is 9.74. The van der Waals surface area contributed by atoms with E-state index in [1.54, 1.807) is 0 Å². The van der Waals surface area contributed by atoms with Gasteiger partial charge in [-0.1, -0.05) is 148 Å². The maximum atomic E-state index is 13.1. The first-order valence-corrected chi connectivity index (χ1v) is 21.0. The highest BCUT2D eigenvalue weighted by atomic mass is 16.5. The van der Waals surface area contributed by atoms with Crippen LogP contribution in [-0.4, -0.2) is 63.3 Å². The number of nitrogens with one attached hydrogen (secondary N) is 3. The lowest BCUT2D eigenvalue weighted by Gasteiger charge is -2.22. The molecule has 0 aliphatic carbocycles. The van der Waals surface area contributed by atoms with Crippen LogP contribution in [0.1, 0.15) is 188 Å². The summed E-state index contributed by atoms with van der Waals surface area (Å²) in [5.41, 5.74) is 0.761. The van der Waals surface area contributed by atoms with E-state index >= 15 is 0 Å². The van der Waals surface area contributed by atoms with Gasteiger partial charge in [0.05, 0.1) is 5.92 Å². The molecular formula is C42H81N3O5. The fourth-order valence-electron chi connectivity index (χ4n) is 6.16. The average molecular weight is 708 g/mol. The lowest BCUT2D eigenvalue weighted by molar-refractivity contribution is -0.131. The largest absolute Gasteiger partial charge is 0.381 e. The van der Waals surface area contributed by atoms with Crippen LogP contribution in [-0.2, 0) is 23.9 Å². The van der Waals surface area contributed by atoms with E-state index in [0.717, 1.165) is 38.0 Å². The van der Waals surface area contributed by atoms with Crippen LogP contribution in [0.4, 0.5) is 0 Å². The van der Waals surface area contributed by atoms with Gasteiger partial charge in [-0.2, -0.15) is 0 Å². The smallest absolute Gasteiger partial charge is 0.242 e. The monoisotopic (exact) mass is 708 g/mol.